The molecule has 33 heavy (non-hydrogen) atoms. The molecule has 2 saturated carbocycles. The number of esters is 1. The average molecular weight is 562 g/mol. The Balaban J connectivity index is 0.00000259. The van der Waals surface area contributed by atoms with E-state index in [-0.39, 0.29) is 42.0 Å². The maximum atomic E-state index is 13.7. The largest absolute Gasteiger partial charge is 1.00 e. The Kier molecular flexibility index (Phi) is 7.23. The zero-order chi connectivity index (χ0) is 22.3. The van der Waals surface area contributed by atoms with Crippen LogP contribution in [-0.2, 0) is 15.1 Å². The van der Waals surface area contributed by atoms with E-state index in [1.165, 1.54) is 5.56 Å². The third kappa shape index (κ3) is 4.14. The maximum absolute atomic E-state index is 13.7. The van der Waals surface area contributed by atoms with Crippen molar-refractivity contribution in [2.75, 3.05) is 13.6 Å². The summed E-state index contributed by atoms with van der Waals surface area (Å²) in [5.74, 6) is -0.136. The molecule has 2 bridgehead atoms. The number of fused-ring (bicyclic) bond motifs is 2. The van der Waals surface area contributed by atoms with Gasteiger partial charge < -0.3 is 38.3 Å². The number of ether oxygens (including phenoxy) is 1. The monoisotopic (exact) mass is 561 g/mol. The number of likely N-dealkylation sites (N-methyl/N-ethyl adjacent to an activating group) is 1. The van der Waals surface area contributed by atoms with Crippen LogP contribution in [0.25, 0.3) is 0 Å². The molecule has 3 fully saturated rings. The Morgan fingerprint density at radius 3 is 2.24 bits per heavy atom. The first kappa shape index (κ1) is 24.7. The second-order valence-electron chi connectivity index (χ2n) is 10.5. The number of carbonyl (C=O) groups is 1. The van der Waals surface area contributed by atoms with Crippen molar-refractivity contribution in [2.45, 2.75) is 69.2 Å². The number of benzene rings is 2. The van der Waals surface area contributed by atoms with Gasteiger partial charge in [0.15, 0.2) is 11.7 Å². The van der Waals surface area contributed by atoms with Crippen molar-refractivity contribution < 1.29 is 43.1 Å². The molecule has 5 rings (SSSR count). The van der Waals surface area contributed by atoms with Gasteiger partial charge in [0.2, 0.25) is 0 Å². The highest BCUT2D eigenvalue weighted by Crippen LogP contribution is 2.50. The molecule has 2 aromatic rings. The zero-order valence-corrected chi connectivity index (χ0v) is 21.9. The van der Waals surface area contributed by atoms with Gasteiger partial charge in [0.1, 0.15) is 12.1 Å². The van der Waals surface area contributed by atoms with Crippen molar-refractivity contribution in [3.8, 4) is 0 Å². The van der Waals surface area contributed by atoms with Gasteiger partial charge in [-0.2, -0.15) is 0 Å². The molecule has 6 atom stereocenters. The molecule has 1 saturated heterocycles. The molecule has 2 aromatic carbocycles. The fourth-order valence-electron chi connectivity index (χ4n) is 6.96. The maximum Gasteiger partial charge on any atom is 0.343 e. The van der Waals surface area contributed by atoms with Crippen LogP contribution in [0.2, 0.25) is 0 Å². The normalized spacial score (nSPS) is 31.5. The summed E-state index contributed by atoms with van der Waals surface area (Å²) >= 11 is 0. The van der Waals surface area contributed by atoms with Crippen LogP contribution in [0.15, 0.2) is 60.7 Å². The average Bonchev–Trinajstić information content (AvgIpc) is 3.56. The van der Waals surface area contributed by atoms with Crippen LogP contribution in [0, 0.1) is 11.8 Å². The summed E-state index contributed by atoms with van der Waals surface area (Å²) in [6.45, 7) is 3.32. The molecule has 5 heteroatoms. The van der Waals surface area contributed by atoms with E-state index >= 15 is 0 Å². The molecule has 4 nitrogen and oxygen atoms in total. The van der Waals surface area contributed by atoms with E-state index in [9.17, 15) is 9.90 Å². The van der Waals surface area contributed by atoms with Gasteiger partial charge in [-0.15, -0.1) is 0 Å². The van der Waals surface area contributed by atoms with Crippen molar-refractivity contribution in [1.29, 1.82) is 0 Å². The molecule has 0 amide bonds. The molecule has 1 N–H and O–H groups in total. The minimum atomic E-state index is -1.55. The summed E-state index contributed by atoms with van der Waals surface area (Å²) in [4.78, 5) is 13.7. The number of halogens is 1. The third-order valence-corrected chi connectivity index (χ3v) is 8.94. The lowest BCUT2D eigenvalue weighted by atomic mass is 9.80. The highest BCUT2D eigenvalue weighted by atomic mass is 127. The lowest BCUT2D eigenvalue weighted by Crippen LogP contribution is -3.00. The number of carbonyl (C=O) groups excluding carboxylic acids is 1. The van der Waals surface area contributed by atoms with E-state index < -0.39 is 11.6 Å². The summed E-state index contributed by atoms with van der Waals surface area (Å²) in [7, 11) is 2.32. The van der Waals surface area contributed by atoms with Crippen LogP contribution in [0.1, 0.15) is 62.6 Å². The molecule has 1 heterocycles. The topological polar surface area (TPSA) is 46.5 Å². The Morgan fingerprint density at radius 2 is 1.61 bits per heavy atom. The molecule has 0 aromatic heterocycles. The van der Waals surface area contributed by atoms with Crippen LogP contribution >= 0.6 is 0 Å². The number of quaternary nitrogens is 1. The van der Waals surface area contributed by atoms with E-state index in [1.54, 1.807) is 0 Å². The lowest BCUT2D eigenvalue weighted by molar-refractivity contribution is -0.954. The second-order valence-corrected chi connectivity index (χ2v) is 10.5. The number of hydrogen-bond acceptors (Lipinski definition) is 3. The molecule has 0 radical (unpaired) electrons. The number of nitrogens with zero attached hydrogens (tertiary/aromatic N) is 1. The van der Waals surface area contributed by atoms with Crippen LogP contribution in [0.3, 0.4) is 0 Å². The highest BCUT2D eigenvalue weighted by molar-refractivity contribution is 5.82. The zero-order valence-electron chi connectivity index (χ0n) is 19.7. The molecular weight excluding hydrogens is 525 g/mol. The van der Waals surface area contributed by atoms with E-state index in [0.29, 0.717) is 17.5 Å². The fourth-order valence-corrected chi connectivity index (χ4v) is 6.96. The molecule has 2 aliphatic carbocycles. The van der Waals surface area contributed by atoms with E-state index in [2.05, 4.69) is 44.3 Å². The van der Waals surface area contributed by atoms with Gasteiger partial charge in [0.25, 0.3) is 0 Å². The summed E-state index contributed by atoms with van der Waals surface area (Å²) in [5, 5.41) is 11.8. The van der Waals surface area contributed by atoms with Gasteiger partial charge in [-0.1, -0.05) is 73.5 Å². The first-order chi connectivity index (χ1) is 15.4. The second kappa shape index (κ2) is 9.67. The third-order valence-electron chi connectivity index (χ3n) is 8.94. The summed E-state index contributed by atoms with van der Waals surface area (Å²) in [6.07, 6.45) is 5.93. The summed E-state index contributed by atoms with van der Waals surface area (Å²) < 4.78 is 7.21. The van der Waals surface area contributed by atoms with Gasteiger partial charge in [-0.05, 0) is 31.7 Å². The van der Waals surface area contributed by atoms with Gasteiger partial charge >= 0.3 is 5.97 Å². The molecule has 0 spiro atoms. The van der Waals surface area contributed by atoms with Gasteiger partial charge in [0, 0.05) is 17.9 Å². The molecular formula is C28H36INO3. The van der Waals surface area contributed by atoms with Crippen LogP contribution < -0.4 is 24.0 Å². The lowest BCUT2D eigenvalue weighted by Gasteiger charge is -2.43. The van der Waals surface area contributed by atoms with E-state index in [4.69, 9.17) is 4.74 Å². The Bertz CT molecular complexity index is 948. The minimum absolute atomic E-state index is 0. The van der Waals surface area contributed by atoms with E-state index in [0.717, 1.165) is 49.6 Å². The SMILES string of the molecule is C[C@@H](c1ccccc1)[N+]1(C)CC2CC[C@@H]1C2OC(=O)[C@](O)(c1ccccc1)C1CCCC1.[I-]. The van der Waals surface area contributed by atoms with Crippen LogP contribution in [0.4, 0.5) is 0 Å². The first-order valence-electron chi connectivity index (χ1n) is 12.3. The summed E-state index contributed by atoms with van der Waals surface area (Å²) in [5.41, 5.74) is 0.463. The van der Waals surface area contributed by atoms with Crippen molar-refractivity contribution in [3.05, 3.63) is 71.8 Å². The smallest absolute Gasteiger partial charge is 0.343 e. The predicted octanol–water partition coefficient (Wildman–Crippen LogP) is 1.98. The standard InChI is InChI=1S/C28H36NO3.HI/c1-20(21-11-5-3-6-12-21)29(2)19-22-17-18-25(29)26(22)32-27(30)28(31,24-15-9-10-16-24)23-13-7-4-8-14-23;/h3-8,11-14,20,22,24-26,31H,9-10,15-19H2,1-2H3;1H/q+1;/p-1/t20-,22?,25+,26?,28-,29?;/m0./s1. The number of aliphatic hydroxyl groups is 1. The highest BCUT2D eigenvalue weighted by Gasteiger charge is 2.61. The van der Waals surface area contributed by atoms with Crippen molar-refractivity contribution in [1.82, 2.24) is 0 Å². The summed E-state index contributed by atoms with van der Waals surface area (Å²) in [6, 6.07) is 20.8. The van der Waals surface area contributed by atoms with Crippen LogP contribution in [-0.4, -0.2) is 41.3 Å². The minimum Gasteiger partial charge on any atom is -1.00 e. The van der Waals surface area contributed by atoms with E-state index in [1.807, 2.05) is 30.3 Å². The van der Waals surface area contributed by atoms with Crippen molar-refractivity contribution in [3.63, 3.8) is 0 Å². The number of piperidine rings is 1. The first-order valence-corrected chi connectivity index (χ1v) is 12.3. The fraction of sp³-hybridized carbons (Fsp3) is 0.536. The van der Waals surface area contributed by atoms with Gasteiger partial charge in [-0.3, -0.25) is 0 Å². The van der Waals surface area contributed by atoms with Crippen molar-refractivity contribution in [2.24, 2.45) is 11.8 Å². The molecule has 178 valence electrons. The van der Waals surface area contributed by atoms with Crippen molar-refractivity contribution >= 4 is 5.97 Å². The van der Waals surface area contributed by atoms with Gasteiger partial charge in [0.05, 0.1) is 19.5 Å². The number of likely N-dealkylation sites (tertiary alicyclic amines) is 1. The Morgan fingerprint density at radius 1 is 1.00 bits per heavy atom. The number of hydrogen-bond donors (Lipinski definition) is 1. The van der Waals surface area contributed by atoms with Gasteiger partial charge in [-0.25, -0.2) is 4.79 Å². The molecule has 3 aliphatic rings. The van der Waals surface area contributed by atoms with Crippen LogP contribution in [0.5, 0.6) is 0 Å². The molecule has 1 aliphatic heterocycles. The molecule has 3 unspecified atom stereocenters. The Hall–Kier alpha value is -1.44. The quantitative estimate of drug-likeness (QED) is 0.334. The predicted molar refractivity (Wildman–Crippen MR) is 125 cm³/mol. The Labute approximate surface area is 214 Å². The number of rotatable bonds is 6.